The Morgan fingerprint density at radius 3 is 2.82 bits per heavy atom. The number of carbonyl (C=O) groups excluding carboxylic acids is 1. The minimum absolute atomic E-state index is 0.0415. The number of hydrogen-bond acceptors (Lipinski definition) is 4. The van der Waals surface area contributed by atoms with E-state index < -0.39 is 24.4 Å². The van der Waals surface area contributed by atoms with Crippen LogP contribution in [0.4, 0.5) is 8.78 Å². The molecule has 4 nitrogen and oxygen atoms in total. The number of alkyl halides is 2. The van der Waals surface area contributed by atoms with Crippen LogP contribution in [0.1, 0.15) is 23.4 Å². The Morgan fingerprint density at radius 1 is 1.71 bits per heavy atom. The van der Waals surface area contributed by atoms with Crippen LogP contribution < -0.4 is 0 Å². The molecule has 7 heteroatoms. The van der Waals surface area contributed by atoms with Gasteiger partial charge in [-0.3, -0.25) is 4.79 Å². The molecule has 0 saturated heterocycles. The summed E-state index contributed by atoms with van der Waals surface area (Å²) < 4.78 is 30.0. The fourth-order valence-electron chi connectivity index (χ4n) is 1.20. The Labute approximate surface area is 104 Å². The van der Waals surface area contributed by atoms with Crippen LogP contribution in [0, 0.1) is 11.3 Å². The van der Waals surface area contributed by atoms with Crippen molar-refractivity contribution in [1.29, 1.82) is 5.26 Å². The van der Waals surface area contributed by atoms with Crippen molar-refractivity contribution in [3.05, 3.63) is 27.5 Å². The number of aromatic nitrogens is 1. The second kappa shape index (κ2) is 5.68. The summed E-state index contributed by atoms with van der Waals surface area (Å²) in [5.74, 6) is -0.693. The Balaban J connectivity index is 3.28. The summed E-state index contributed by atoms with van der Waals surface area (Å²) in [6.07, 6.45) is -3.19. The molecule has 0 fully saturated rings. The maximum Gasteiger partial charge on any atom is 0.311 e. The van der Waals surface area contributed by atoms with Crippen LogP contribution in [-0.4, -0.2) is 18.1 Å². The fraction of sp³-hybridized carbons (Fsp3) is 0.300. The molecule has 0 atom stereocenters. The van der Waals surface area contributed by atoms with E-state index in [1.807, 2.05) is 0 Å². The van der Waals surface area contributed by atoms with Crippen molar-refractivity contribution in [2.75, 3.05) is 7.11 Å². The molecule has 1 aromatic rings. The van der Waals surface area contributed by atoms with Crippen LogP contribution in [-0.2, 0) is 16.0 Å². The smallest absolute Gasteiger partial charge is 0.311 e. The van der Waals surface area contributed by atoms with E-state index in [4.69, 9.17) is 5.26 Å². The maximum absolute atomic E-state index is 12.8. The van der Waals surface area contributed by atoms with E-state index in [1.165, 1.54) is 6.07 Å². The van der Waals surface area contributed by atoms with Gasteiger partial charge in [0.1, 0.15) is 11.8 Å². The standard InChI is InChI=1S/C10H7BrF2N2O2/c1-17-8(16)3-7-9(10(12)13)6(11)2-5(4-14)15-7/h2,10H,3H2,1H3. The van der Waals surface area contributed by atoms with Gasteiger partial charge in [0.05, 0.1) is 24.8 Å². The highest BCUT2D eigenvalue weighted by Gasteiger charge is 2.21. The third kappa shape index (κ3) is 3.20. The molecule has 1 heterocycles. The minimum Gasteiger partial charge on any atom is -0.469 e. The van der Waals surface area contributed by atoms with E-state index in [-0.39, 0.29) is 15.9 Å². The Morgan fingerprint density at radius 2 is 2.35 bits per heavy atom. The van der Waals surface area contributed by atoms with Gasteiger partial charge in [-0.25, -0.2) is 13.8 Å². The summed E-state index contributed by atoms with van der Waals surface area (Å²) in [4.78, 5) is 14.8. The summed E-state index contributed by atoms with van der Waals surface area (Å²) in [7, 11) is 1.15. The van der Waals surface area contributed by atoms with Crippen LogP contribution in [0.15, 0.2) is 10.5 Å². The van der Waals surface area contributed by atoms with Crippen LogP contribution in [0.5, 0.6) is 0 Å². The van der Waals surface area contributed by atoms with E-state index in [9.17, 15) is 13.6 Å². The van der Waals surface area contributed by atoms with Crippen molar-refractivity contribution >= 4 is 21.9 Å². The Kier molecular flexibility index (Phi) is 4.52. The van der Waals surface area contributed by atoms with Crippen molar-refractivity contribution in [2.24, 2.45) is 0 Å². The predicted molar refractivity (Wildman–Crippen MR) is 57.3 cm³/mol. The minimum atomic E-state index is -2.79. The third-order valence-corrected chi connectivity index (χ3v) is 2.62. The molecule has 0 aliphatic carbocycles. The lowest BCUT2D eigenvalue weighted by atomic mass is 10.1. The second-order valence-corrected chi connectivity index (χ2v) is 3.87. The number of carbonyl (C=O) groups is 1. The zero-order valence-corrected chi connectivity index (χ0v) is 10.3. The van der Waals surface area contributed by atoms with Crippen LogP contribution in [0.2, 0.25) is 0 Å². The quantitative estimate of drug-likeness (QED) is 0.804. The van der Waals surface area contributed by atoms with E-state index >= 15 is 0 Å². The summed E-state index contributed by atoms with van der Waals surface area (Å²) >= 11 is 2.93. The highest BCUT2D eigenvalue weighted by molar-refractivity contribution is 9.10. The van der Waals surface area contributed by atoms with Crippen LogP contribution in [0.25, 0.3) is 0 Å². The maximum atomic E-state index is 12.8. The summed E-state index contributed by atoms with van der Waals surface area (Å²) in [5, 5.41) is 8.67. The molecule has 0 aliphatic rings. The number of rotatable bonds is 3. The molecule has 0 aliphatic heterocycles. The van der Waals surface area contributed by atoms with Gasteiger partial charge in [0.2, 0.25) is 0 Å². The molecule has 17 heavy (non-hydrogen) atoms. The molecule has 0 radical (unpaired) electrons. The molecule has 0 spiro atoms. The highest BCUT2D eigenvalue weighted by atomic mass is 79.9. The molecule has 0 aromatic carbocycles. The normalized spacial score (nSPS) is 10.1. The number of ether oxygens (including phenoxy) is 1. The first-order valence-electron chi connectivity index (χ1n) is 4.44. The van der Waals surface area contributed by atoms with Gasteiger partial charge < -0.3 is 4.74 Å². The lowest BCUT2D eigenvalue weighted by molar-refractivity contribution is -0.139. The van der Waals surface area contributed by atoms with Gasteiger partial charge in [-0.1, -0.05) is 15.9 Å². The molecular formula is C10H7BrF2N2O2. The molecular weight excluding hydrogens is 298 g/mol. The molecule has 90 valence electrons. The van der Waals surface area contributed by atoms with E-state index in [2.05, 4.69) is 25.7 Å². The number of pyridine rings is 1. The molecule has 0 unspecified atom stereocenters. The monoisotopic (exact) mass is 304 g/mol. The first-order valence-corrected chi connectivity index (χ1v) is 5.23. The first kappa shape index (κ1) is 13.5. The molecule has 0 bridgehead atoms. The zero-order chi connectivity index (χ0) is 13.0. The van der Waals surface area contributed by atoms with Crippen molar-refractivity contribution in [1.82, 2.24) is 4.98 Å². The van der Waals surface area contributed by atoms with Gasteiger partial charge in [-0.15, -0.1) is 0 Å². The van der Waals surface area contributed by atoms with Gasteiger partial charge >= 0.3 is 5.97 Å². The zero-order valence-electron chi connectivity index (χ0n) is 8.71. The molecule has 0 amide bonds. The Bertz CT molecular complexity index is 486. The molecule has 0 saturated carbocycles. The number of nitrogens with zero attached hydrogens (tertiary/aromatic N) is 2. The van der Waals surface area contributed by atoms with Crippen LogP contribution in [0.3, 0.4) is 0 Å². The predicted octanol–water partition coefficient (Wildman–Crippen LogP) is 2.37. The average Bonchev–Trinajstić information content (AvgIpc) is 2.27. The molecule has 0 N–H and O–H groups in total. The van der Waals surface area contributed by atoms with Gasteiger partial charge in [0, 0.05) is 4.47 Å². The van der Waals surface area contributed by atoms with E-state index in [1.54, 1.807) is 6.07 Å². The number of halogens is 3. The SMILES string of the molecule is COC(=O)Cc1nc(C#N)cc(Br)c1C(F)F. The van der Waals surface area contributed by atoms with Gasteiger partial charge in [0.15, 0.2) is 0 Å². The second-order valence-electron chi connectivity index (χ2n) is 3.02. The molecule has 1 rings (SSSR count). The van der Waals surface area contributed by atoms with E-state index in [0.29, 0.717) is 0 Å². The average molecular weight is 305 g/mol. The largest absolute Gasteiger partial charge is 0.469 e. The Hall–Kier alpha value is -1.55. The number of methoxy groups -OCH3 is 1. The number of nitriles is 1. The highest BCUT2D eigenvalue weighted by Crippen LogP contribution is 2.30. The van der Waals surface area contributed by atoms with Crippen LogP contribution >= 0.6 is 15.9 Å². The lowest BCUT2D eigenvalue weighted by Crippen LogP contribution is -2.10. The molecule has 1 aromatic heterocycles. The summed E-state index contributed by atoms with van der Waals surface area (Å²) in [6.45, 7) is 0. The van der Waals surface area contributed by atoms with Crippen molar-refractivity contribution in [3.63, 3.8) is 0 Å². The lowest BCUT2D eigenvalue weighted by Gasteiger charge is -2.09. The number of hydrogen-bond donors (Lipinski definition) is 0. The number of esters is 1. The van der Waals surface area contributed by atoms with Gasteiger partial charge in [-0.2, -0.15) is 5.26 Å². The summed E-state index contributed by atoms with van der Waals surface area (Å²) in [6, 6.07) is 2.91. The first-order chi connectivity index (χ1) is 7.99. The van der Waals surface area contributed by atoms with Crippen molar-refractivity contribution < 1.29 is 18.3 Å². The van der Waals surface area contributed by atoms with Gasteiger partial charge in [-0.05, 0) is 6.07 Å². The fourth-order valence-corrected chi connectivity index (χ4v) is 1.82. The third-order valence-electron chi connectivity index (χ3n) is 1.96. The van der Waals surface area contributed by atoms with Crippen molar-refractivity contribution in [3.8, 4) is 6.07 Å². The topological polar surface area (TPSA) is 63.0 Å². The van der Waals surface area contributed by atoms with E-state index in [0.717, 1.165) is 7.11 Å². The van der Waals surface area contributed by atoms with Crippen molar-refractivity contribution in [2.45, 2.75) is 12.8 Å². The van der Waals surface area contributed by atoms with Gasteiger partial charge in [0.25, 0.3) is 6.43 Å². The summed E-state index contributed by atoms with van der Waals surface area (Å²) in [5.41, 5.74) is -0.590.